The second kappa shape index (κ2) is 7.24. The lowest BCUT2D eigenvalue weighted by Gasteiger charge is -2.30. The van der Waals surface area contributed by atoms with E-state index >= 15 is 0 Å². The minimum Gasteiger partial charge on any atom is -0.462 e. The van der Waals surface area contributed by atoms with Crippen molar-refractivity contribution < 1.29 is 14.5 Å². The summed E-state index contributed by atoms with van der Waals surface area (Å²) in [6.45, 7) is 4.14. The molecule has 1 saturated carbocycles. The monoisotopic (exact) mass is 306 g/mol. The first-order valence-corrected chi connectivity index (χ1v) is 7.75. The minimum absolute atomic E-state index is 0.106. The van der Waals surface area contributed by atoms with Crippen molar-refractivity contribution in [2.24, 2.45) is 5.92 Å². The van der Waals surface area contributed by atoms with E-state index in [1.807, 2.05) is 0 Å². The predicted molar refractivity (Wildman–Crippen MR) is 84.1 cm³/mol. The van der Waals surface area contributed by atoms with Crippen LogP contribution < -0.4 is 5.32 Å². The minimum atomic E-state index is -0.530. The van der Waals surface area contributed by atoms with Crippen LogP contribution in [-0.4, -0.2) is 23.5 Å². The molecule has 1 fully saturated rings. The number of nitrogens with zero attached hydrogens (tertiary/aromatic N) is 1. The van der Waals surface area contributed by atoms with Crippen molar-refractivity contribution in [3.8, 4) is 0 Å². The predicted octanol–water partition coefficient (Wildman–Crippen LogP) is 3.76. The molecule has 0 spiro atoms. The number of carbonyl (C=O) groups is 1. The molecule has 0 aromatic heterocycles. The topological polar surface area (TPSA) is 81.5 Å². The summed E-state index contributed by atoms with van der Waals surface area (Å²) in [7, 11) is 0. The van der Waals surface area contributed by atoms with Gasteiger partial charge in [-0.15, -0.1) is 0 Å². The quantitative estimate of drug-likeness (QED) is 0.509. The SMILES string of the molecule is CCOC(=O)c1cc([N+](=O)[O-])ccc1N[C@H]1CCCC[C@H]1C. The average molecular weight is 306 g/mol. The van der Waals surface area contributed by atoms with Gasteiger partial charge in [0.05, 0.1) is 17.1 Å². The molecule has 1 N–H and O–H groups in total. The van der Waals surface area contributed by atoms with Crippen LogP contribution in [0.2, 0.25) is 0 Å². The van der Waals surface area contributed by atoms with Gasteiger partial charge in [-0.2, -0.15) is 0 Å². The number of esters is 1. The van der Waals surface area contributed by atoms with E-state index in [9.17, 15) is 14.9 Å². The van der Waals surface area contributed by atoms with Gasteiger partial charge in [-0.25, -0.2) is 4.79 Å². The second-order valence-electron chi connectivity index (χ2n) is 5.72. The molecular formula is C16H22N2O4. The van der Waals surface area contributed by atoms with Crippen molar-refractivity contribution in [3.63, 3.8) is 0 Å². The lowest BCUT2D eigenvalue weighted by Crippen LogP contribution is -2.31. The van der Waals surface area contributed by atoms with Crippen LogP contribution in [0.15, 0.2) is 18.2 Å². The van der Waals surface area contributed by atoms with Gasteiger partial charge in [0.15, 0.2) is 0 Å². The maximum absolute atomic E-state index is 12.1. The van der Waals surface area contributed by atoms with Crippen LogP contribution in [0.1, 0.15) is 49.9 Å². The third kappa shape index (κ3) is 3.75. The fourth-order valence-electron chi connectivity index (χ4n) is 2.88. The van der Waals surface area contributed by atoms with Crippen molar-refractivity contribution in [2.75, 3.05) is 11.9 Å². The zero-order valence-corrected chi connectivity index (χ0v) is 13.0. The van der Waals surface area contributed by atoms with Crippen LogP contribution in [0.4, 0.5) is 11.4 Å². The van der Waals surface area contributed by atoms with Crippen LogP contribution in [0.3, 0.4) is 0 Å². The van der Waals surface area contributed by atoms with Gasteiger partial charge >= 0.3 is 5.97 Å². The highest BCUT2D eigenvalue weighted by atomic mass is 16.6. The van der Waals surface area contributed by atoms with Crippen LogP contribution >= 0.6 is 0 Å². The first-order valence-electron chi connectivity index (χ1n) is 7.75. The fraction of sp³-hybridized carbons (Fsp3) is 0.562. The smallest absolute Gasteiger partial charge is 0.340 e. The molecule has 0 heterocycles. The highest BCUT2D eigenvalue weighted by molar-refractivity contribution is 5.96. The molecule has 0 radical (unpaired) electrons. The number of hydrogen-bond acceptors (Lipinski definition) is 5. The van der Waals surface area contributed by atoms with Gasteiger partial charge in [0, 0.05) is 23.9 Å². The van der Waals surface area contributed by atoms with Gasteiger partial charge in [-0.3, -0.25) is 10.1 Å². The number of carbonyl (C=O) groups excluding carboxylic acids is 1. The Morgan fingerprint density at radius 2 is 2.14 bits per heavy atom. The molecule has 1 aromatic rings. The number of nitrogens with one attached hydrogen (secondary N) is 1. The summed E-state index contributed by atoms with van der Waals surface area (Å²) >= 11 is 0. The summed E-state index contributed by atoms with van der Waals surface area (Å²) < 4.78 is 5.02. The molecule has 0 aliphatic heterocycles. The number of ether oxygens (including phenoxy) is 1. The Labute approximate surface area is 130 Å². The molecule has 0 saturated heterocycles. The van der Waals surface area contributed by atoms with Crippen molar-refractivity contribution in [1.82, 2.24) is 0 Å². The summed E-state index contributed by atoms with van der Waals surface area (Å²) in [5.74, 6) is -0.0175. The van der Waals surface area contributed by atoms with Crippen LogP contribution in [0.5, 0.6) is 0 Å². The summed E-state index contributed by atoms with van der Waals surface area (Å²) in [6.07, 6.45) is 4.58. The number of nitro benzene ring substituents is 1. The molecule has 6 nitrogen and oxygen atoms in total. The molecule has 2 atom stereocenters. The number of rotatable bonds is 5. The van der Waals surface area contributed by atoms with Gasteiger partial charge in [0.25, 0.3) is 5.69 Å². The molecule has 1 aliphatic rings. The van der Waals surface area contributed by atoms with Gasteiger partial charge in [0.2, 0.25) is 0 Å². The lowest BCUT2D eigenvalue weighted by molar-refractivity contribution is -0.384. The normalized spacial score (nSPS) is 21.2. The molecule has 2 rings (SSSR count). The first-order chi connectivity index (χ1) is 10.5. The third-order valence-corrected chi connectivity index (χ3v) is 4.16. The summed E-state index contributed by atoms with van der Waals surface area (Å²) in [5, 5.41) is 14.3. The van der Waals surface area contributed by atoms with Gasteiger partial charge < -0.3 is 10.1 Å². The maximum atomic E-state index is 12.1. The van der Waals surface area contributed by atoms with Crippen LogP contribution in [-0.2, 0) is 4.74 Å². The first kappa shape index (κ1) is 16.3. The molecular weight excluding hydrogens is 284 g/mol. The molecule has 22 heavy (non-hydrogen) atoms. The Balaban J connectivity index is 2.28. The summed E-state index contributed by atoms with van der Waals surface area (Å²) in [5.41, 5.74) is 0.738. The van der Waals surface area contributed by atoms with E-state index in [-0.39, 0.29) is 23.9 Å². The molecule has 0 amide bonds. The molecule has 120 valence electrons. The standard InChI is InChI=1S/C16H22N2O4/c1-3-22-16(19)13-10-12(18(20)21)8-9-15(13)17-14-7-5-4-6-11(14)2/h8-11,14,17H,3-7H2,1-2H3/t11-,14+/m1/s1. The Morgan fingerprint density at radius 1 is 1.41 bits per heavy atom. The van der Waals surface area contributed by atoms with Crippen molar-refractivity contribution >= 4 is 17.3 Å². The number of hydrogen-bond donors (Lipinski definition) is 1. The highest BCUT2D eigenvalue weighted by Gasteiger charge is 2.24. The molecule has 0 bridgehead atoms. The number of benzene rings is 1. The Hall–Kier alpha value is -2.11. The summed E-state index contributed by atoms with van der Waals surface area (Å²) in [6, 6.07) is 4.58. The van der Waals surface area contributed by atoms with Gasteiger partial charge in [0.1, 0.15) is 0 Å². The number of anilines is 1. The largest absolute Gasteiger partial charge is 0.462 e. The molecule has 1 aromatic carbocycles. The molecule has 0 unspecified atom stereocenters. The lowest BCUT2D eigenvalue weighted by atomic mass is 9.85. The van der Waals surface area contributed by atoms with Gasteiger partial charge in [-0.05, 0) is 31.7 Å². The Bertz CT molecular complexity index is 559. The van der Waals surface area contributed by atoms with Crippen molar-refractivity contribution in [1.29, 1.82) is 0 Å². The van der Waals surface area contributed by atoms with E-state index in [2.05, 4.69) is 12.2 Å². The van der Waals surface area contributed by atoms with Crippen LogP contribution in [0, 0.1) is 16.0 Å². The average Bonchev–Trinajstić information content (AvgIpc) is 2.50. The zero-order valence-electron chi connectivity index (χ0n) is 13.0. The number of nitro groups is 1. The molecule has 1 aliphatic carbocycles. The van der Waals surface area contributed by atoms with E-state index in [4.69, 9.17) is 4.74 Å². The van der Waals surface area contributed by atoms with E-state index in [1.54, 1.807) is 13.0 Å². The van der Waals surface area contributed by atoms with Crippen LogP contribution in [0.25, 0.3) is 0 Å². The van der Waals surface area contributed by atoms with E-state index in [1.165, 1.54) is 18.6 Å². The zero-order chi connectivity index (χ0) is 16.1. The Kier molecular flexibility index (Phi) is 5.35. The van der Waals surface area contributed by atoms with Crippen molar-refractivity contribution in [2.45, 2.75) is 45.6 Å². The van der Waals surface area contributed by atoms with E-state index < -0.39 is 10.9 Å². The third-order valence-electron chi connectivity index (χ3n) is 4.16. The van der Waals surface area contributed by atoms with Crippen molar-refractivity contribution in [3.05, 3.63) is 33.9 Å². The summed E-state index contributed by atoms with van der Waals surface area (Å²) in [4.78, 5) is 22.5. The fourth-order valence-corrected chi connectivity index (χ4v) is 2.88. The number of non-ortho nitro benzene ring substituents is 1. The molecule has 6 heteroatoms. The maximum Gasteiger partial charge on any atom is 0.340 e. The highest BCUT2D eigenvalue weighted by Crippen LogP contribution is 2.30. The van der Waals surface area contributed by atoms with E-state index in [0.717, 1.165) is 19.3 Å². The van der Waals surface area contributed by atoms with Gasteiger partial charge in [-0.1, -0.05) is 19.8 Å². The van der Waals surface area contributed by atoms with E-state index in [0.29, 0.717) is 11.6 Å². The second-order valence-corrected chi connectivity index (χ2v) is 5.72. The Morgan fingerprint density at radius 3 is 2.77 bits per heavy atom.